The number of anilines is 1. The second kappa shape index (κ2) is 9.77. The second-order valence-electron chi connectivity index (χ2n) is 10.9. The molecule has 4 atom stereocenters. The van der Waals surface area contributed by atoms with Gasteiger partial charge in [-0.05, 0) is 53.1 Å². The van der Waals surface area contributed by atoms with Gasteiger partial charge >= 0.3 is 0 Å². The van der Waals surface area contributed by atoms with Gasteiger partial charge in [-0.15, -0.1) is 0 Å². The molecule has 9 nitrogen and oxygen atoms in total. The molecule has 3 heterocycles. The van der Waals surface area contributed by atoms with Crippen LogP contribution >= 0.6 is 0 Å². The van der Waals surface area contributed by atoms with Crippen LogP contribution in [-0.2, 0) is 10.2 Å². The van der Waals surface area contributed by atoms with Crippen LogP contribution in [0.1, 0.15) is 43.4 Å². The Labute approximate surface area is 246 Å². The minimum absolute atomic E-state index is 0.0847. The molecule has 1 saturated heterocycles. The van der Waals surface area contributed by atoms with Gasteiger partial charge in [-0.1, -0.05) is 54.6 Å². The van der Waals surface area contributed by atoms with E-state index in [0.717, 1.165) is 11.1 Å². The number of ketones is 2. The largest absolute Gasteiger partial charge is 0.497 e. The Balaban J connectivity index is 1.51. The van der Waals surface area contributed by atoms with E-state index in [1.165, 1.54) is 31.4 Å². The summed E-state index contributed by atoms with van der Waals surface area (Å²) in [4.78, 5) is 56.7. The molecule has 1 N–H and O–H groups in total. The summed E-state index contributed by atoms with van der Waals surface area (Å²) in [5.74, 6) is -1.88. The number of para-hydroxylation sites is 1. The van der Waals surface area contributed by atoms with Crippen LogP contribution in [0.4, 0.5) is 11.4 Å². The monoisotopic (exact) mass is 571 g/mol. The predicted molar refractivity (Wildman–Crippen MR) is 159 cm³/mol. The number of Topliss-reactive ketones (excluding diaryl/α,β-unsaturated/α-hetero) is 2. The fourth-order valence-corrected chi connectivity index (χ4v) is 7.05. The highest BCUT2D eigenvalue weighted by Gasteiger charge is 2.70. The van der Waals surface area contributed by atoms with Crippen LogP contribution in [0.2, 0.25) is 0 Å². The molecule has 4 aromatic carbocycles. The van der Waals surface area contributed by atoms with Gasteiger partial charge in [0.25, 0.3) is 5.69 Å². The van der Waals surface area contributed by atoms with E-state index in [-0.39, 0.29) is 17.2 Å². The van der Waals surface area contributed by atoms with Crippen LogP contribution in [0, 0.1) is 16.0 Å². The number of carbonyl (C=O) groups is 3. The van der Waals surface area contributed by atoms with Crippen molar-refractivity contribution in [2.45, 2.75) is 17.5 Å². The highest BCUT2D eigenvalue weighted by molar-refractivity contribution is 6.16. The SMILES string of the molecule is COc1ccc(C(=O)[C@H]2[C@H](C(=O)c3cccc([N+](=O)[O-])c3)N3C=Cc4ccccc4[C@@H]3[C@]23C(=O)Nc2ccccc23)cc1. The van der Waals surface area contributed by atoms with Gasteiger partial charge in [0.05, 0.1) is 24.0 Å². The number of methoxy groups -OCH3 is 1. The number of benzene rings is 4. The van der Waals surface area contributed by atoms with Crippen LogP contribution < -0.4 is 10.1 Å². The van der Waals surface area contributed by atoms with Crippen molar-refractivity contribution in [1.82, 2.24) is 4.90 Å². The molecule has 0 unspecified atom stereocenters. The number of hydrogen-bond acceptors (Lipinski definition) is 7. The molecule has 212 valence electrons. The maximum atomic E-state index is 14.8. The van der Waals surface area contributed by atoms with Crippen molar-refractivity contribution in [3.8, 4) is 5.75 Å². The number of nitro groups is 1. The van der Waals surface area contributed by atoms with Crippen molar-refractivity contribution < 1.29 is 24.0 Å². The fraction of sp³-hybridized carbons (Fsp3) is 0.147. The lowest BCUT2D eigenvalue weighted by Gasteiger charge is -2.38. The lowest BCUT2D eigenvalue weighted by Crippen LogP contribution is -2.49. The molecule has 1 spiro atoms. The Kier molecular flexibility index (Phi) is 5.98. The average Bonchev–Trinajstić information content (AvgIpc) is 3.52. The topological polar surface area (TPSA) is 119 Å². The molecule has 9 heteroatoms. The maximum absolute atomic E-state index is 14.8. The van der Waals surface area contributed by atoms with Crippen LogP contribution in [-0.4, -0.2) is 40.4 Å². The minimum atomic E-state index is -1.49. The molecule has 0 radical (unpaired) electrons. The number of rotatable bonds is 6. The van der Waals surface area contributed by atoms with Gasteiger partial charge in [0.1, 0.15) is 17.2 Å². The molecule has 7 rings (SSSR count). The number of fused-ring (bicyclic) bond motifs is 6. The normalized spacial score (nSPS) is 22.9. The van der Waals surface area contributed by atoms with Crippen LogP contribution in [0.15, 0.2) is 103 Å². The summed E-state index contributed by atoms with van der Waals surface area (Å²) in [7, 11) is 1.53. The molecule has 3 aliphatic heterocycles. The van der Waals surface area contributed by atoms with Gasteiger partial charge in [0.2, 0.25) is 5.91 Å². The number of non-ortho nitro benzene ring substituents is 1. The second-order valence-corrected chi connectivity index (χ2v) is 10.9. The molecule has 1 fully saturated rings. The van der Waals surface area contributed by atoms with E-state index in [0.29, 0.717) is 22.6 Å². The lowest BCUT2D eigenvalue weighted by atomic mass is 9.62. The number of nitrogens with zero attached hydrogens (tertiary/aromatic N) is 2. The highest BCUT2D eigenvalue weighted by atomic mass is 16.6. The molecule has 0 aliphatic carbocycles. The molecule has 1 amide bonds. The van der Waals surface area contributed by atoms with Crippen molar-refractivity contribution >= 4 is 34.9 Å². The standard InChI is InChI=1S/C34H25N3O6/c1-43-24-15-13-21(14-16-24)30(38)28-29(31(39)22-8-6-9-23(19-22)37(41)42)36-18-17-20-7-2-3-10-25(20)32(36)34(28)26-11-4-5-12-27(26)35-33(34)40/h2-19,28-29,32H,1H3,(H,35,40)/t28-,29-,32-,34-/m1/s1. The number of hydrogen-bond donors (Lipinski definition) is 1. The molecule has 0 bridgehead atoms. The zero-order chi connectivity index (χ0) is 29.9. The number of carbonyl (C=O) groups excluding carboxylic acids is 3. The Morgan fingerprint density at radius 3 is 2.42 bits per heavy atom. The Morgan fingerprint density at radius 1 is 0.907 bits per heavy atom. The van der Waals surface area contributed by atoms with Crippen molar-refractivity contribution in [3.63, 3.8) is 0 Å². The predicted octanol–water partition coefficient (Wildman–Crippen LogP) is 5.59. The summed E-state index contributed by atoms with van der Waals surface area (Å²) >= 11 is 0. The number of nitrogens with one attached hydrogen (secondary N) is 1. The van der Waals surface area contributed by atoms with Gasteiger partial charge in [-0.2, -0.15) is 0 Å². The third-order valence-electron chi connectivity index (χ3n) is 8.84. The zero-order valence-electron chi connectivity index (χ0n) is 23.0. The van der Waals surface area contributed by atoms with Crippen molar-refractivity contribution in [2.75, 3.05) is 12.4 Å². The third-order valence-corrected chi connectivity index (χ3v) is 8.84. The Morgan fingerprint density at radius 2 is 1.65 bits per heavy atom. The molecule has 0 aromatic heterocycles. The molecule has 3 aliphatic rings. The first-order valence-electron chi connectivity index (χ1n) is 13.8. The number of nitro benzene ring substituents is 1. The summed E-state index contributed by atoms with van der Waals surface area (Å²) in [6.07, 6.45) is 3.64. The van der Waals surface area contributed by atoms with Crippen LogP contribution in [0.3, 0.4) is 0 Å². The maximum Gasteiger partial charge on any atom is 0.270 e. The first-order valence-corrected chi connectivity index (χ1v) is 13.8. The van der Waals surface area contributed by atoms with E-state index in [1.807, 2.05) is 48.5 Å². The van der Waals surface area contributed by atoms with Crippen LogP contribution in [0.25, 0.3) is 6.08 Å². The first-order chi connectivity index (χ1) is 20.9. The third kappa shape index (κ3) is 3.74. The van der Waals surface area contributed by atoms with Crippen molar-refractivity contribution in [2.24, 2.45) is 5.92 Å². The van der Waals surface area contributed by atoms with E-state index in [4.69, 9.17) is 4.74 Å². The summed E-state index contributed by atoms with van der Waals surface area (Å²) in [5, 5.41) is 14.6. The van der Waals surface area contributed by atoms with Gasteiger partial charge in [0, 0.05) is 35.1 Å². The Bertz CT molecular complexity index is 1870. The molecule has 4 aromatic rings. The van der Waals surface area contributed by atoms with Gasteiger partial charge in [-0.25, -0.2) is 0 Å². The zero-order valence-corrected chi connectivity index (χ0v) is 23.0. The fourth-order valence-electron chi connectivity index (χ4n) is 7.05. The van der Waals surface area contributed by atoms with Gasteiger partial charge < -0.3 is 15.0 Å². The lowest BCUT2D eigenvalue weighted by molar-refractivity contribution is -0.384. The summed E-state index contributed by atoms with van der Waals surface area (Å²) in [6.45, 7) is 0. The summed E-state index contributed by atoms with van der Waals surface area (Å²) in [6, 6.07) is 25.1. The smallest absolute Gasteiger partial charge is 0.270 e. The van der Waals surface area contributed by atoms with E-state index in [2.05, 4.69) is 5.32 Å². The quantitative estimate of drug-likeness (QED) is 0.182. The summed E-state index contributed by atoms with van der Waals surface area (Å²) in [5.41, 5.74) is 1.56. The average molecular weight is 572 g/mol. The molecular weight excluding hydrogens is 546 g/mol. The first kappa shape index (κ1) is 26.3. The number of ether oxygens (including phenoxy) is 1. The molecular formula is C34H25N3O6. The van der Waals surface area contributed by atoms with E-state index in [9.17, 15) is 24.5 Å². The van der Waals surface area contributed by atoms with E-state index >= 15 is 0 Å². The van der Waals surface area contributed by atoms with E-state index in [1.54, 1.807) is 41.4 Å². The van der Waals surface area contributed by atoms with E-state index < -0.39 is 39.9 Å². The van der Waals surface area contributed by atoms with Crippen LogP contribution in [0.5, 0.6) is 5.75 Å². The highest BCUT2D eigenvalue weighted by Crippen LogP contribution is 2.62. The summed E-state index contributed by atoms with van der Waals surface area (Å²) < 4.78 is 5.29. The Hall–Kier alpha value is -5.57. The van der Waals surface area contributed by atoms with Gasteiger partial charge in [0.15, 0.2) is 11.6 Å². The molecule has 0 saturated carbocycles. The molecule has 43 heavy (non-hydrogen) atoms. The minimum Gasteiger partial charge on any atom is -0.497 e. The van der Waals surface area contributed by atoms with Crippen molar-refractivity contribution in [3.05, 3.63) is 141 Å². The number of amides is 1. The van der Waals surface area contributed by atoms with Crippen molar-refractivity contribution in [1.29, 1.82) is 0 Å². The van der Waals surface area contributed by atoms with Gasteiger partial charge in [-0.3, -0.25) is 24.5 Å².